The quantitative estimate of drug-likeness (QED) is 0.696. The van der Waals surface area contributed by atoms with Crippen molar-refractivity contribution in [2.45, 2.75) is 38.7 Å². The first-order valence-electron chi connectivity index (χ1n) is 6.21. The van der Waals surface area contributed by atoms with Crippen LogP contribution in [0.3, 0.4) is 0 Å². The zero-order chi connectivity index (χ0) is 13.1. The number of hydrogen-bond donors (Lipinski definition) is 0. The number of ether oxygens (including phenoxy) is 1. The van der Waals surface area contributed by atoms with Gasteiger partial charge in [0.25, 0.3) is 0 Å². The Balaban J connectivity index is 2.15. The maximum atomic E-state index is 10.8. The van der Waals surface area contributed by atoms with E-state index in [-0.39, 0.29) is 6.10 Å². The van der Waals surface area contributed by atoms with Crippen LogP contribution in [-0.4, -0.2) is 12.4 Å². The molecule has 1 aromatic carbocycles. The Morgan fingerprint density at radius 3 is 2.50 bits per heavy atom. The first-order chi connectivity index (χ1) is 8.60. The van der Waals surface area contributed by atoms with Gasteiger partial charge in [-0.05, 0) is 69.2 Å². The molecule has 0 aromatic heterocycles. The third-order valence-electron chi connectivity index (χ3n) is 3.33. The molecule has 0 bridgehead atoms. The molecule has 0 amide bonds. The monoisotopic (exact) mass is 374 g/mol. The van der Waals surface area contributed by atoms with E-state index in [0.29, 0.717) is 5.56 Å². The lowest BCUT2D eigenvalue weighted by Gasteiger charge is -2.28. The van der Waals surface area contributed by atoms with Gasteiger partial charge in [-0.2, -0.15) is 0 Å². The highest BCUT2D eigenvalue weighted by atomic mass is 79.9. The predicted molar refractivity (Wildman–Crippen MR) is 79.3 cm³/mol. The summed E-state index contributed by atoms with van der Waals surface area (Å²) < 4.78 is 7.74. The molecule has 1 fully saturated rings. The normalized spacial score (nSPS) is 23.7. The summed E-state index contributed by atoms with van der Waals surface area (Å²) in [5.41, 5.74) is 0.637. The molecule has 18 heavy (non-hydrogen) atoms. The minimum absolute atomic E-state index is 0.281. The number of carbonyl (C=O) groups is 1. The zero-order valence-corrected chi connectivity index (χ0v) is 13.5. The molecule has 0 aliphatic heterocycles. The fourth-order valence-electron chi connectivity index (χ4n) is 2.41. The molecule has 2 rings (SSSR count). The van der Waals surface area contributed by atoms with Crippen LogP contribution < -0.4 is 4.74 Å². The van der Waals surface area contributed by atoms with Crippen LogP contribution in [0.2, 0.25) is 0 Å². The van der Waals surface area contributed by atoms with E-state index in [0.717, 1.165) is 39.7 Å². The summed E-state index contributed by atoms with van der Waals surface area (Å²) in [7, 11) is 0. The average Bonchev–Trinajstić information content (AvgIpc) is 2.33. The Labute approximate surface area is 124 Å². The summed E-state index contributed by atoms with van der Waals surface area (Å²) >= 11 is 6.93. The second-order valence-electron chi connectivity index (χ2n) is 4.94. The third kappa shape index (κ3) is 3.35. The van der Waals surface area contributed by atoms with Crippen molar-refractivity contribution in [1.82, 2.24) is 0 Å². The molecule has 1 saturated carbocycles. The smallest absolute Gasteiger partial charge is 0.150 e. The van der Waals surface area contributed by atoms with Crippen LogP contribution >= 0.6 is 31.9 Å². The van der Waals surface area contributed by atoms with Gasteiger partial charge in [-0.1, -0.05) is 13.3 Å². The van der Waals surface area contributed by atoms with E-state index >= 15 is 0 Å². The summed E-state index contributed by atoms with van der Waals surface area (Å²) in [5.74, 6) is 1.54. The van der Waals surface area contributed by atoms with E-state index < -0.39 is 0 Å². The summed E-state index contributed by atoms with van der Waals surface area (Å²) in [5, 5.41) is 0. The minimum atomic E-state index is 0.281. The molecule has 1 aliphatic rings. The van der Waals surface area contributed by atoms with Crippen molar-refractivity contribution in [2.24, 2.45) is 5.92 Å². The molecule has 0 spiro atoms. The van der Waals surface area contributed by atoms with Gasteiger partial charge in [0.1, 0.15) is 12.0 Å². The third-order valence-corrected chi connectivity index (χ3v) is 4.51. The predicted octanol–water partition coefficient (Wildman–Crippen LogP) is 4.98. The van der Waals surface area contributed by atoms with Gasteiger partial charge in [-0.25, -0.2) is 0 Å². The van der Waals surface area contributed by atoms with Crippen molar-refractivity contribution >= 4 is 38.1 Å². The highest BCUT2D eigenvalue weighted by Crippen LogP contribution is 2.37. The second-order valence-corrected chi connectivity index (χ2v) is 6.65. The number of carbonyl (C=O) groups excluding carboxylic acids is 1. The van der Waals surface area contributed by atoms with E-state index in [4.69, 9.17) is 4.74 Å². The van der Waals surface area contributed by atoms with Crippen molar-refractivity contribution in [3.05, 3.63) is 26.6 Å². The maximum Gasteiger partial charge on any atom is 0.150 e. The highest BCUT2D eigenvalue weighted by Gasteiger charge is 2.22. The molecule has 2 atom stereocenters. The van der Waals surface area contributed by atoms with Crippen LogP contribution in [0.25, 0.3) is 0 Å². The summed E-state index contributed by atoms with van der Waals surface area (Å²) in [6.45, 7) is 2.27. The standard InChI is InChI=1S/C14H16Br2O2/c1-9-3-2-4-11(5-9)18-14-12(15)6-10(8-17)7-13(14)16/h6-9,11H,2-5H2,1H3. The van der Waals surface area contributed by atoms with Gasteiger partial charge in [0.05, 0.1) is 15.0 Å². The number of aldehydes is 1. The first kappa shape index (κ1) is 14.1. The number of halogens is 2. The number of rotatable bonds is 3. The largest absolute Gasteiger partial charge is 0.488 e. The van der Waals surface area contributed by atoms with Gasteiger partial charge >= 0.3 is 0 Å². The van der Waals surface area contributed by atoms with Crippen molar-refractivity contribution in [3.63, 3.8) is 0 Å². The molecule has 1 aromatic rings. The number of benzene rings is 1. The van der Waals surface area contributed by atoms with E-state index in [1.165, 1.54) is 12.8 Å². The number of hydrogen-bond acceptors (Lipinski definition) is 2. The van der Waals surface area contributed by atoms with Crippen molar-refractivity contribution in [2.75, 3.05) is 0 Å². The van der Waals surface area contributed by atoms with Crippen LogP contribution in [0.4, 0.5) is 0 Å². The molecule has 0 radical (unpaired) electrons. The average molecular weight is 376 g/mol. The molecule has 2 unspecified atom stereocenters. The Morgan fingerprint density at radius 2 is 1.94 bits per heavy atom. The van der Waals surface area contributed by atoms with Gasteiger partial charge in [0, 0.05) is 5.56 Å². The summed E-state index contributed by atoms with van der Waals surface area (Å²) in [4.78, 5) is 10.8. The van der Waals surface area contributed by atoms with Crippen LogP contribution in [0, 0.1) is 5.92 Å². The van der Waals surface area contributed by atoms with Gasteiger partial charge in [0.2, 0.25) is 0 Å². The molecule has 4 heteroatoms. The Morgan fingerprint density at radius 1 is 1.28 bits per heavy atom. The lowest BCUT2D eigenvalue weighted by atomic mass is 9.89. The van der Waals surface area contributed by atoms with Crippen LogP contribution in [0.15, 0.2) is 21.1 Å². The van der Waals surface area contributed by atoms with Crippen LogP contribution in [0.5, 0.6) is 5.75 Å². The molecule has 1 aliphatic carbocycles. The Hall–Kier alpha value is -0.350. The Bertz CT molecular complexity index is 422. The van der Waals surface area contributed by atoms with Crippen LogP contribution in [0.1, 0.15) is 43.0 Å². The fourth-order valence-corrected chi connectivity index (χ4v) is 3.82. The van der Waals surface area contributed by atoms with Gasteiger partial charge in [-0.15, -0.1) is 0 Å². The molecule has 0 heterocycles. The molecule has 0 N–H and O–H groups in total. The summed E-state index contributed by atoms with van der Waals surface area (Å²) in [6.07, 6.45) is 5.86. The molecular formula is C14H16Br2O2. The minimum Gasteiger partial charge on any atom is -0.488 e. The van der Waals surface area contributed by atoms with Crippen LogP contribution in [-0.2, 0) is 0 Å². The molecule has 98 valence electrons. The van der Waals surface area contributed by atoms with E-state index in [2.05, 4.69) is 38.8 Å². The summed E-state index contributed by atoms with van der Waals surface area (Å²) in [6, 6.07) is 3.58. The molecular weight excluding hydrogens is 360 g/mol. The van der Waals surface area contributed by atoms with E-state index in [9.17, 15) is 4.79 Å². The van der Waals surface area contributed by atoms with E-state index in [1.807, 2.05) is 0 Å². The Kier molecular flexibility index (Phi) is 4.84. The maximum absolute atomic E-state index is 10.8. The fraction of sp³-hybridized carbons (Fsp3) is 0.500. The molecule has 2 nitrogen and oxygen atoms in total. The van der Waals surface area contributed by atoms with E-state index in [1.54, 1.807) is 12.1 Å². The van der Waals surface area contributed by atoms with Crippen molar-refractivity contribution in [3.8, 4) is 5.75 Å². The SMILES string of the molecule is CC1CCCC(Oc2c(Br)cc(C=O)cc2Br)C1. The molecule has 0 saturated heterocycles. The lowest BCUT2D eigenvalue weighted by Crippen LogP contribution is -2.24. The second kappa shape index (κ2) is 6.20. The van der Waals surface area contributed by atoms with Crippen molar-refractivity contribution in [1.29, 1.82) is 0 Å². The first-order valence-corrected chi connectivity index (χ1v) is 7.79. The van der Waals surface area contributed by atoms with Gasteiger partial charge in [0.15, 0.2) is 0 Å². The zero-order valence-electron chi connectivity index (χ0n) is 10.3. The topological polar surface area (TPSA) is 26.3 Å². The van der Waals surface area contributed by atoms with Gasteiger partial charge in [-0.3, -0.25) is 4.79 Å². The lowest BCUT2D eigenvalue weighted by molar-refractivity contribution is 0.112. The van der Waals surface area contributed by atoms with Gasteiger partial charge < -0.3 is 4.74 Å². The van der Waals surface area contributed by atoms with Crippen molar-refractivity contribution < 1.29 is 9.53 Å². The highest BCUT2D eigenvalue weighted by molar-refractivity contribution is 9.11.